The zero-order valence-electron chi connectivity index (χ0n) is 14.6. The molecule has 4 N–H and O–H groups in total. The molecule has 1 aromatic heterocycles. The highest BCUT2D eigenvalue weighted by Crippen LogP contribution is 2.46. The number of benzene rings is 1. The Labute approximate surface area is 150 Å². The van der Waals surface area contributed by atoms with Crippen molar-refractivity contribution in [3.63, 3.8) is 0 Å². The summed E-state index contributed by atoms with van der Waals surface area (Å²) in [5.41, 5.74) is 7.88. The van der Waals surface area contributed by atoms with E-state index in [1.165, 1.54) is 6.20 Å². The second-order valence-electron chi connectivity index (χ2n) is 7.67. The zero-order chi connectivity index (χ0) is 18.6. The number of nitrogens with one attached hydrogen (secondary N) is 1. The Kier molecular flexibility index (Phi) is 3.44. The van der Waals surface area contributed by atoms with Gasteiger partial charge in [-0.1, -0.05) is 26.0 Å². The molecular weight excluding hydrogens is 332 g/mol. The van der Waals surface area contributed by atoms with Gasteiger partial charge in [0.2, 0.25) is 0 Å². The van der Waals surface area contributed by atoms with Crippen LogP contribution < -0.4 is 11.1 Å². The summed E-state index contributed by atoms with van der Waals surface area (Å²) >= 11 is 0. The van der Waals surface area contributed by atoms with Crippen molar-refractivity contribution in [1.29, 1.82) is 0 Å². The van der Waals surface area contributed by atoms with Crippen molar-refractivity contribution in [3.05, 3.63) is 52.9 Å². The van der Waals surface area contributed by atoms with Crippen molar-refractivity contribution in [1.82, 2.24) is 9.78 Å². The highest BCUT2D eigenvalue weighted by atomic mass is 16.3. The van der Waals surface area contributed by atoms with Crippen molar-refractivity contribution in [2.75, 3.05) is 5.32 Å². The molecule has 1 atom stereocenters. The predicted octanol–water partition coefficient (Wildman–Crippen LogP) is 2.35. The molecule has 0 unspecified atom stereocenters. The number of anilines is 1. The SMILES string of the molecule is CC1(C)CC(=O)C2=C(C1)Nc1c(C(N)=O)cnn1[C@H]2c1ccc(O)cc1. The Balaban J connectivity index is 1.94. The lowest BCUT2D eigenvalue weighted by Crippen LogP contribution is -2.37. The molecule has 0 fully saturated rings. The van der Waals surface area contributed by atoms with Crippen molar-refractivity contribution < 1.29 is 14.7 Å². The first-order chi connectivity index (χ1) is 12.3. The predicted molar refractivity (Wildman–Crippen MR) is 95.7 cm³/mol. The normalized spacial score (nSPS) is 21.0. The van der Waals surface area contributed by atoms with E-state index in [1.54, 1.807) is 28.9 Å². The second kappa shape index (κ2) is 5.45. The van der Waals surface area contributed by atoms with E-state index in [-0.39, 0.29) is 22.5 Å². The topological polar surface area (TPSA) is 110 Å². The molecule has 0 saturated carbocycles. The minimum atomic E-state index is -0.575. The number of carbonyl (C=O) groups is 2. The molecule has 2 aliphatic rings. The van der Waals surface area contributed by atoms with E-state index in [1.807, 2.05) is 13.8 Å². The average molecular weight is 352 g/mol. The summed E-state index contributed by atoms with van der Waals surface area (Å²) in [6.07, 6.45) is 2.56. The minimum Gasteiger partial charge on any atom is -0.508 e. The average Bonchev–Trinajstić information content (AvgIpc) is 2.96. The van der Waals surface area contributed by atoms with Crippen LogP contribution in [0.15, 0.2) is 41.7 Å². The van der Waals surface area contributed by atoms with Gasteiger partial charge in [-0.05, 0) is 29.5 Å². The molecule has 1 amide bonds. The fourth-order valence-electron chi connectivity index (χ4n) is 3.86. The molecule has 7 heteroatoms. The molecule has 2 aromatic rings. The monoisotopic (exact) mass is 352 g/mol. The minimum absolute atomic E-state index is 0.0589. The number of nitrogens with two attached hydrogens (primary N) is 1. The first kappa shape index (κ1) is 16.4. The van der Waals surface area contributed by atoms with Gasteiger partial charge in [0.25, 0.3) is 5.91 Å². The number of hydrogen-bond donors (Lipinski definition) is 3. The number of hydrogen-bond acceptors (Lipinski definition) is 5. The number of nitrogens with zero attached hydrogens (tertiary/aromatic N) is 2. The summed E-state index contributed by atoms with van der Waals surface area (Å²) in [6, 6.07) is 6.22. The summed E-state index contributed by atoms with van der Waals surface area (Å²) in [5, 5.41) is 17.2. The van der Waals surface area contributed by atoms with Gasteiger partial charge in [-0.25, -0.2) is 4.68 Å². The van der Waals surface area contributed by atoms with Crippen LogP contribution in [0.5, 0.6) is 5.75 Å². The van der Waals surface area contributed by atoms with Crippen molar-refractivity contribution >= 4 is 17.5 Å². The number of carbonyl (C=O) groups excluding carboxylic acids is 2. The Bertz CT molecular complexity index is 954. The number of phenols is 1. The quantitative estimate of drug-likeness (QED) is 0.768. The number of aromatic hydroxyl groups is 1. The lowest BCUT2D eigenvalue weighted by molar-refractivity contribution is -0.118. The Morgan fingerprint density at radius 2 is 2.00 bits per heavy atom. The van der Waals surface area contributed by atoms with Crippen LogP contribution in [-0.2, 0) is 4.79 Å². The number of allylic oxidation sites excluding steroid dienone is 2. The van der Waals surface area contributed by atoms with Gasteiger partial charge in [0.05, 0.1) is 6.20 Å². The third kappa shape index (κ3) is 2.47. The maximum absolute atomic E-state index is 13.0. The largest absolute Gasteiger partial charge is 0.508 e. The fraction of sp³-hybridized carbons (Fsp3) is 0.316. The molecule has 2 heterocycles. The van der Waals surface area contributed by atoms with Crippen molar-refractivity contribution in [2.45, 2.75) is 32.7 Å². The summed E-state index contributed by atoms with van der Waals surface area (Å²) in [4.78, 5) is 24.8. The fourth-order valence-corrected chi connectivity index (χ4v) is 3.86. The maximum Gasteiger partial charge on any atom is 0.254 e. The molecule has 7 nitrogen and oxygen atoms in total. The Morgan fingerprint density at radius 3 is 2.65 bits per heavy atom. The van der Waals surface area contributed by atoms with Crippen molar-refractivity contribution in [2.24, 2.45) is 11.1 Å². The molecule has 4 rings (SSSR count). The molecule has 0 saturated heterocycles. The van der Waals surface area contributed by atoms with Crippen LogP contribution in [0.25, 0.3) is 0 Å². The van der Waals surface area contributed by atoms with Crippen LogP contribution in [0.4, 0.5) is 5.82 Å². The summed E-state index contributed by atoms with van der Waals surface area (Å²) in [7, 11) is 0. The molecule has 1 aliphatic carbocycles. The summed E-state index contributed by atoms with van der Waals surface area (Å²) < 4.78 is 1.63. The first-order valence-electron chi connectivity index (χ1n) is 8.46. The third-order valence-electron chi connectivity index (χ3n) is 4.98. The van der Waals surface area contributed by atoms with Crippen molar-refractivity contribution in [3.8, 4) is 5.75 Å². The number of fused-ring (bicyclic) bond motifs is 1. The highest BCUT2D eigenvalue weighted by Gasteiger charge is 2.42. The molecule has 0 bridgehead atoms. The highest BCUT2D eigenvalue weighted by molar-refractivity contribution is 6.02. The van der Waals surface area contributed by atoms with Gasteiger partial charge in [-0.15, -0.1) is 0 Å². The van der Waals surface area contributed by atoms with Crippen LogP contribution in [0.2, 0.25) is 0 Å². The summed E-state index contributed by atoms with van der Waals surface area (Å²) in [5.74, 6) is 0.128. The summed E-state index contributed by atoms with van der Waals surface area (Å²) in [6.45, 7) is 4.10. The smallest absolute Gasteiger partial charge is 0.254 e. The zero-order valence-corrected chi connectivity index (χ0v) is 14.6. The van der Waals surface area contributed by atoms with Gasteiger partial charge < -0.3 is 16.2 Å². The van der Waals surface area contributed by atoms with E-state index in [2.05, 4.69) is 10.4 Å². The number of rotatable bonds is 2. The number of ketones is 1. The van der Waals surface area contributed by atoms with Crippen LogP contribution in [-0.4, -0.2) is 26.6 Å². The Hall–Kier alpha value is -3.09. The van der Waals surface area contributed by atoms with E-state index in [0.717, 1.165) is 11.3 Å². The van der Waals surface area contributed by atoms with Crippen LogP contribution >= 0.6 is 0 Å². The number of primary amides is 1. The molecule has 1 aromatic carbocycles. The number of phenolic OH excluding ortho intramolecular Hbond substituents is 1. The van der Waals surface area contributed by atoms with Gasteiger partial charge >= 0.3 is 0 Å². The van der Waals surface area contributed by atoms with E-state index in [0.29, 0.717) is 24.2 Å². The van der Waals surface area contributed by atoms with Gasteiger partial charge in [-0.3, -0.25) is 9.59 Å². The van der Waals surface area contributed by atoms with E-state index >= 15 is 0 Å². The van der Waals surface area contributed by atoms with E-state index < -0.39 is 11.9 Å². The number of aromatic nitrogens is 2. The molecule has 0 spiro atoms. The van der Waals surface area contributed by atoms with Gasteiger partial charge in [-0.2, -0.15) is 5.10 Å². The number of Topliss-reactive ketones (excluding diaryl/α,β-unsaturated/α-hetero) is 1. The maximum atomic E-state index is 13.0. The number of amides is 1. The Morgan fingerprint density at radius 1 is 1.31 bits per heavy atom. The second-order valence-corrected chi connectivity index (χ2v) is 7.67. The first-order valence-corrected chi connectivity index (χ1v) is 8.46. The van der Waals surface area contributed by atoms with Crippen LogP contribution in [0, 0.1) is 5.41 Å². The third-order valence-corrected chi connectivity index (χ3v) is 4.98. The van der Waals surface area contributed by atoms with Crippen LogP contribution in [0.3, 0.4) is 0 Å². The molecule has 0 radical (unpaired) electrons. The van der Waals surface area contributed by atoms with Gasteiger partial charge in [0.1, 0.15) is 23.2 Å². The standard InChI is InChI=1S/C19H20N4O3/c1-19(2)7-13-15(14(25)8-19)16(10-3-5-11(24)6-4-10)23-18(22-13)12(9-21-23)17(20)26/h3-6,9,16,22,24H,7-8H2,1-2H3,(H2,20,26)/t16-/m0/s1. The lowest BCUT2D eigenvalue weighted by atomic mass is 9.73. The van der Waals surface area contributed by atoms with Crippen LogP contribution in [0.1, 0.15) is 48.7 Å². The lowest BCUT2D eigenvalue weighted by Gasteiger charge is -2.39. The van der Waals surface area contributed by atoms with Gasteiger partial charge in [0, 0.05) is 17.7 Å². The molecule has 26 heavy (non-hydrogen) atoms. The van der Waals surface area contributed by atoms with E-state index in [9.17, 15) is 14.7 Å². The molecular formula is C19H20N4O3. The van der Waals surface area contributed by atoms with Gasteiger partial charge in [0.15, 0.2) is 5.78 Å². The van der Waals surface area contributed by atoms with E-state index in [4.69, 9.17) is 5.73 Å². The molecule has 134 valence electrons. The molecule has 1 aliphatic heterocycles.